The summed E-state index contributed by atoms with van der Waals surface area (Å²) in [5, 5.41) is 0. The average molecular weight is 589 g/mol. The van der Waals surface area contributed by atoms with Crippen LogP contribution < -0.4 is 0 Å². The molecule has 12 heteroatoms. The molecule has 0 fully saturated rings. The van der Waals surface area contributed by atoms with Crippen molar-refractivity contribution in [3.63, 3.8) is 0 Å². The molecular formula is C27H53ClO11. The van der Waals surface area contributed by atoms with Crippen molar-refractivity contribution in [2.75, 3.05) is 131 Å². The van der Waals surface area contributed by atoms with Crippen molar-refractivity contribution in [3.8, 4) is 0 Å². The van der Waals surface area contributed by atoms with Gasteiger partial charge in [0.15, 0.2) is 0 Å². The van der Waals surface area contributed by atoms with Gasteiger partial charge < -0.3 is 47.4 Å². The van der Waals surface area contributed by atoms with Crippen LogP contribution in [0, 0.1) is 0 Å². The van der Waals surface area contributed by atoms with Crippen molar-refractivity contribution in [3.05, 3.63) is 0 Å². The molecule has 0 aromatic rings. The van der Waals surface area contributed by atoms with Crippen LogP contribution in [0.1, 0.15) is 39.0 Å². The number of hydrogen-bond acceptors (Lipinski definition) is 11. The minimum absolute atomic E-state index is 0.248. The van der Waals surface area contributed by atoms with Gasteiger partial charge in [0, 0.05) is 12.5 Å². The van der Waals surface area contributed by atoms with Crippen LogP contribution in [0.4, 0.5) is 0 Å². The molecule has 234 valence electrons. The lowest BCUT2D eigenvalue weighted by Gasteiger charge is -2.09. The quantitative estimate of drug-likeness (QED) is 0.0628. The van der Waals surface area contributed by atoms with Crippen molar-refractivity contribution < 1.29 is 52.2 Å². The normalized spacial score (nSPS) is 11.3. The summed E-state index contributed by atoms with van der Waals surface area (Å²) in [4.78, 5) is 11.1. The van der Waals surface area contributed by atoms with Gasteiger partial charge >= 0.3 is 5.97 Å². The Kier molecular flexibility index (Phi) is 34.9. The second-order valence-corrected chi connectivity index (χ2v) is 8.55. The molecule has 0 unspecified atom stereocenters. The minimum Gasteiger partial charge on any atom is -0.466 e. The Labute approximate surface area is 240 Å². The number of rotatable bonds is 34. The zero-order valence-electron chi connectivity index (χ0n) is 24.0. The van der Waals surface area contributed by atoms with Gasteiger partial charge in [-0.1, -0.05) is 12.8 Å². The van der Waals surface area contributed by atoms with E-state index in [-0.39, 0.29) is 12.4 Å². The van der Waals surface area contributed by atoms with Crippen molar-refractivity contribution in [2.45, 2.75) is 39.0 Å². The second-order valence-electron chi connectivity index (χ2n) is 8.17. The van der Waals surface area contributed by atoms with E-state index in [4.69, 9.17) is 59.0 Å². The van der Waals surface area contributed by atoms with Gasteiger partial charge in [0.05, 0.1) is 125 Å². The Balaban J connectivity index is 3.04. The number of halogens is 1. The topological polar surface area (TPSA) is 109 Å². The maximum absolute atomic E-state index is 11.1. The Hall–Kier alpha value is -0.600. The van der Waals surface area contributed by atoms with E-state index in [2.05, 4.69) is 0 Å². The van der Waals surface area contributed by atoms with Gasteiger partial charge in [-0.2, -0.15) is 0 Å². The highest BCUT2D eigenvalue weighted by atomic mass is 35.5. The van der Waals surface area contributed by atoms with Gasteiger partial charge in [-0.25, -0.2) is 0 Å². The average Bonchev–Trinajstić information content (AvgIpc) is 2.94. The third-order valence-electron chi connectivity index (χ3n) is 4.90. The molecule has 0 aromatic carbocycles. The predicted molar refractivity (Wildman–Crippen MR) is 148 cm³/mol. The molecule has 0 bridgehead atoms. The second kappa shape index (κ2) is 35.4. The van der Waals surface area contributed by atoms with E-state index in [1.54, 1.807) is 6.92 Å². The highest BCUT2D eigenvalue weighted by molar-refractivity contribution is 6.17. The van der Waals surface area contributed by atoms with E-state index < -0.39 is 0 Å². The Bertz CT molecular complexity index is 475. The fourth-order valence-electron chi connectivity index (χ4n) is 2.90. The van der Waals surface area contributed by atoms with Crippen LogP contribution >= 0.6 is 11.6 Å². The summed E-state index contributed by atoms with van der Waals surface area (Å²) >= 11 is 5.64. The van der Waals surface area contributed by atoms with Crippen LogP contribution in [0.15, 0.2) is 0 Å². The smallest absolute Gasteiger partial charge is 0.308 e. The van der Waals surface area contributed by atoms with Crippen LogP contribution in [-0.4, -0.2) is 137 Å². The highest BCUT2D eigenvalue weighted by Crippen LogP contribution is 2.01. The van der Waals surface area contributed by atoms with Crippen LogP contribution in [0.5, 0.6) is 0 Å². The minimum atomic E-state index is -0.248. The molecule has 0 spiro atoms. The number of carbonyl (C=O) groups excluding carboxylic acids is 1. The summed E-state index contributed by atoms with van der Waals surface area (Å²) < 4.78 is 53.7. The monoisotopic (exact) mass is 588 g/mol. The predicted octanol–water partition coefficient (Wildman–Crippen LogP) is 2.89. The zero-order chi connectivity index (χ0) is 28.3. The molecule has 0 aliphatic heterocycles. The lowest BCUT2D eigenvalue weighted by Crippen LogP contribution is -2.15. The molecule has 0 saturated carbocycles. The third-order valence-corrected chi connectivity index (χ3v) is 5.17. The van der Waals surface area contributed by atoms with Gasteiger partial charge in [0.25, 0.3) is 0 Å². The lowest BCUT2D eigenvalue weighted by molar-refractivity contribution is -0.144. The van der Waals surface area contributed by atoms with Gasteiger partial charge in [0.2, 0.25) is 0 Å². The molecule has 0 N–H and O–H groups in total. The van der Waals surface area contributed by atoms with E-state index in [1.807, 2.05) is 0 Å². The number of alkyl halides is 1. The first-order chi connectivity index (χ1) is 19.3. The fourth-order valence-corrected chi connectivity index (χ4v) is 3.09. The number of carbonyl (C=O) groups is 1. The molecule has 0 atom stereocenters. The number of hydrogen-bond donors (Lipinski definition) is 0. The molecule has 39 heavy (non-hydrogen) atoms. The molecule has 0 aliphatic carbocycles. The summed E-state index contributed by atoms with van der Waals surface area (Å²) in [6, 6.07) is 0. The summed E-state index contributed by atoms with van der Waals surface area (Å²) in [6.45, 7) is 11.5. The Morgan fingerprint density at radius 3 is 1.08 bits per heavy atom. The summed E-state index contributed by atoms with van der Waals surface area (Å²) in [5.41, 5.74) is 0. The molecule has 0 aromatic heterocycles. The summed E-state index contributed by atoms with van der Waals surface area (Å²) in [6.07, 6.45) is 4.76. The largest absolute Gasteiger partial charge is 0.466 e. The maximum Gasteiger partial charge on any atom is 0.308 e. The van der Waals surface area contributed by atoms with Gasteiger partial charge in [-0.15, -0.1) is 11.6 Å². The van der Waals surface area contributed by atoms with Crippen molar-refractivity contribution in [1.29, 1.82) is 0 Å². The number of ether oxygens (including phenoxy) is 10. The standard InChI is InChI=1S/C27H53ClO11/c1-2-39-27(29)7-10-31-12-14-33-16-18-35-20-22-37-24-26-38-25-23-36-21-19-34-17-15-32-13-11-30-9-6-4-3-5-8-28/h2-26H2,1H3. The summed E-state index contributed by atoms with van der Waals surface area (Å²) in [5.74, 6) is 0.495. The van der Waals surface area contributed by atoms with Crippen LogP contribution in [0.3, 0.4) is 0 Å². The van der Waals surface area contributed by atoms with E-state index in [1.165, 1.54) is 12.8 Å². The maximum atomic E-state index is 11.1. The first-order valence-corrected chi connectivity index (χ1v) is 14.8. The molecule has 0 rings (SSSR count). The molecule has 11 nitrogen and oxygen atoms in total. The molecular weight excluding hydrogens is 536 g/mol. The molecule has 0 heterocycles. The van der Waals surface area contributed by atoms with E-state index >= 15 is 0 Å². The van der Waals surface area contributed by atoms with E-state index in [0.717, 1.165) is 25.3 Å². The molecule has 0 aliphatic rings. The first-order valence-electron chi connectivity index (χ1n) is 14.2. The molecule has 0 amide bonds. The summed E-state index contributed by atoms with van der Waals surface area (Å²) in [7, 11) is 0. The molecule has 0 radical (unpaired) electrons. The van der Waals surface area contributed by atoms with Crippen molar-refractivity contribution in [1.82, 2.24) is 0 Å². The number of esters is 1. The lowest BCUT2D eigenvalue weighted by atomic mass is 10.2. The number of unbranched alkanes of at least 4 members (excludes halogenated alkanes) is 3. The van der Waals surface area contributed by atoms with Crippen LogP contribution in [-0.2, 0) is 52.2 Å². The van der Waals surface area contributed by atoms with Crippen LogP contribution in [0.2, 0.25) is 0 Å². The van der Waals surface area contributed by atoms with E-state index in [9.17, 15) is 4.79 Å². The van der Waals surface area contributed by atoms with Gasteiger partial charge in [0.1, 0.15) is 0 Å². The zero-order valence-corrected chi connectivity index (χ0v) is 24.8. The fraction of sp³-hybridized carbons (Fsp3) is 0.963. The van der Waals surface area contributed by atoms with E-state index in [0.29, 0.717) is 119 Å². The highest BCUT2D eigenvalue weighted by Gasteiger charge is 2.01. The van der Waals surface area contributed by atoms with Gasteiger partial charge in [-0.3, -0.25) is 4.79 Å². The SMILES string of the molecule is CCOC(=O)CCOCCOCCOCCOCCOCCOCCOCCOCCOCCCCCCCl. The van der Waals surface area contributed by atoms with Crippen LogP contribution in [0.25, 0.3) is 0 Å². The Morgan fingerprint density at radius 2 is 0.744 bits per heavy atom. The Morgan fingerprint density at radius 1 is 0.436 bits per heavy atom. The molecule has 0 saturated heterocycles. The third kappa shape index (κ3) is 35.4. The van der Waals surface area contributed by atoms with Crippen molar-refractivity contribution in [2.24, 2.45) is 0 Å². The first kappa shape index (κ1) is 38.4. The van der Waals surface area contributed by atoms with Crippen molar-refractivity contribution >= 4 is 17.6 Å². The van der Waals surface area contributed by atoms with Gasteiger partial charge in [-0.05, 0) is 19.8 Å².